The van der Waals surface area contributed by atoms with Crippen molar-refractivity contribution in [2.24, 2.45) is 9.98 Å². The van der Waals surface area contributed by atoms with Crippen molar-refractivity contribution in [3.05, 3.63) is 11.6 Å². The van der Waals surface area contributed by atoms with Crippen LogP contribution < -0.4 is 0 Å². The molecule has 0 aromatic rings. The van der Waals surface area contributed by atoms with Crippen LogP contribution in [-0.4, -0.2) is 24.0 Å². The van der Waals surface area contributed by atoms with Gasteiger partial charge in [0.05, 0.1) is 17.5 Å². The second-order valence-electron chi connectivity index (χ2n) is 3.76. The molecule has 0 N–H and O–H groups in total. The fourth-order valence-corrected chi connectivity index (χ4v) is 1.27. The number of nitrogens with zero attached hydrogens (tertiary/aromatic N) is 2. The summed E-state index contributed by atoms with van der Waals surface area (Å²) in [6.07, 6.45) is 2.16. The minimum absolute atomic E-state index is 0.252. The van der Waals surface area contributed by atoms with Gasteiger partial charge in [-0.1, -0.05) is 11.6 Å². The summed E-state index contributed by atoms with van der Waals surface area (Å²) in [5.74, 6) is 0. The molecule has 1 atom stereocenters. The fraction of sp³-hybridized carbons (Fsp3) is 0.667. The highest BCUT2D eigenvalue weighted by Gasteiger charge is 1.98. The molecular formula is C12H22N2. The zero-order valence-electron chi connectivity index (χ0n) is 10.3. The summed E-state index contributed by atoms with van der Waals surface area (Å²) in [5, 5.41) is 0. The molecule has 0 amide bonds. The highest BCUT2D eigenvalue weighted by molar-refractivity contribution is 6.40. The zero-order valence-corrected chi connectivity index (χ0v) is 10.3. The second-order valence-corrected chi connectivity index (χ2v) is 3.76. The normalized spacial score (nSPS) is 15.3. The van der Waals surface area contributed by atoms with Gasteiger partial charge in [0, 0.05) is 6.54 Å². The third kappa shape index (κ3) is 5.68. The Hall–Kier alpha value is -0.920. The summed E-state index contributed by atoms with van der Waals surface area (Å²) < 4.78 is 0. The second kappa shape index (κ2) is 6.52. The van der Waals surface area contributed by atoms with Crippen LogP contribution in [0.3, 0.4) is 0 Å². The van der Waals surface area contributed by atoms with Crippen molar-refractivity contribution >= 4 is 11.4 Å². The van der Waals surface area contributed by atoms with Crippen molar-refractivity contribution in [2.75, 3.05) is 6.54 Å². The quantitative estimate of drug-likeness (QED) is 0.484. The Morgan fingerprint density at radius 1 is 1.14 bits per heavy atom. The highest BCUT2D eigenvalue weighted by Crippen LogP contribution is 1.99. The molecule has 80 valence electrons. The van der Waals surface area contributed by atoms with Gasteiger partial charge in [-0.05, 0) is 41.5 Å². The molecule has 2 nitrogen and oxygen atoms in total. The Labute approximate surface area is 87.9 Å². The smallest absolute Gasteiger partial charge is 0.0658 e. The maximum atomic E-state index is 4.55. The van der Waals surface area contributed by atoms with E-state index in [9.17, 15) is 0 Å². The Balaban J connectivity index is 4.52. The molecule has 0 heterocycles. The van der Waals surface area contributed by atoms with E-state index in [0.717, 1.165) is 18.0 Å². The van der Waals surface area contributed by atoms with Crippen molar-refractivity contribution in [2.45, 2.75) is 47.6 Å². The Kier molecular flexibility index (Phi) is 6.09. The molecule has 14 heavy (non-hydrogen) atoms. The van der Waals surface area contributed by atoms with Crippen molar-refractivity contribution in [3.63, 3.8) is 0 Å². The van der Waals surface area contributed by atoms with E-state index in [1.165, 1.54) is 5.57 Å². The summed E-state index contributed by atoms with van der Waals surface area (Å²) in [6, 6.07) is 0.252. The predicted octanol–water partition coefficient (Wildman–Crippen LogP) is 3.28. The van der Waals surface area contributed by atoms with Crippen LogP contribution in [0.25, 0.3) is 0 Å². The van der Waals surface area contributed by atoms with Crippen LogP contribution in [-0.2, 0) is 0 Å². The molecule has 0 aromatic carbocycles. The average molecular weight is 194 g/mol. The molecule has 0 aliphatic rings. The molecule has 0 radical (unpaired) electrons. The number of aliphatic imine (C=N–C) groups is 2. The van der Waals surface area contributed by atoms with Gasteiger partial charge in [0.1, 0.15) is 0 Å². The number of hydrogen-bond acceptors (Lipinski definition) is 2. The van der Waals surface area contributed by atoms with Crippen LogP contribution >= 0.6 is 0 Å². The van der Waals surface area contributed by atoms with E-state index >= 15 is 0 Å². The van der Waals surface area contributed by atoms with E-state index in [0.29, 0.717) is 0 Å². The molecule has 0 spiro atoms. The monoisotopic (exact) mass is 194 g/mol. The summed E-state index contributed by atoms with van der Waals surface area (Å²) in [4.78, 5) is 8.87. The Morgan fingerprint density at radius 3 is 2.14 bits per heavy atom. The lowest BCUT2D eigenvalue weighted by molar-refractivity contribution is 0.915. The lowest BCUT2D eigenvalue weighted by atomic mass is 10.2. The molecular weight excluding hydrogens is 172 g/mol. The first kappa shape index (κ1) is 13.1. The molecule has 0 aliphatic carbocycles. The van der Waals surface area contributed by atoms with Crippen molar-refractivity contribution < 1.29 is 0 Å². The van der Waals surface area contributed by atoms with Gasteiger partial charge < -0.3 is 0 Å². The van der Waals surface area contributed by atoms with Gasteiger partial charge in [0.15, 0.2) is 0 Å². The maximum absolute atomic E-state index is 4.55. The molecule has 0 bridgehead atoms. The van der Waals surface area contributed by atoms with E-state index in [4.69, 9.17) is 0 Å². The zero-order chi connectivity index (χ0) is 11.1. The molecule has 0 saturated carbocycles. The SMILES string of the molecule is CCN=C(C)C(C)=NC(C)C=C(C)C. The lowest BCUT2D eigenvalue weighted by Crippen LogP contribution is -2.09. The van der Waals surface area contributed by atoms with Crippen LogP contribution in [0.2, 0.25) is 0 Å². The lowest BCUT2D eigenvalue weighted by Gasteiger charge is -2.04. The first-order valence-corrected chi connectivity index (χ1v) is 5.18. The van der Waals surface area contributed by atoms with Crippen LogP contribution in [0.1, 0.15) is 41.5 Å². The van der Waals surface area contributed by atoms with Crippen LogP contribution in [0, 0.1) is 0 Å². The third-order valence-electron chi connectivity index (χ3n) is 1.89. The van der Waals surface area contributed by atoms with Crippen molar-refractivity contribution in [1.82, 2.24) is 0 Å². The molecule has 0 aromatic heterocycles. The van der Waals surface area contributed by atoms with E-state index in [1.54, 1.807) is 0 Å². The largest absolute Gasteiger partial charge is 0.288 e. The number of hydrogen-bond donors (Lipinski definition) is 0. The molecule has 1 unspecified atom stereocenters. The van der Waals surface area contributed by atoms with Gasteiger partial charge >= 0.3 is 0 Å². The predicted molar refractivity (Wildman–Crippen MR) is 65.7 cm³/mol. The third-order valence-corrected chi connectivity index (χ3v) is 1.89. The first-order chi connectivity index (χ1) is 6.47. The van der Waals surface area contributed by atoms with Gasteiger partial charge in [0.25, 0.3) is 0 Å². The van der Waals surface area contributed by atoms with Crippen molar-refractivity contribution in [3.8, 4) is 0 Å². The molecule has 0 rings (SSSR count). The maximum Gasteiger partial charge on any atom is 0.0658 e. The van der Waals surface area contributed by atoms with E-state index in [1.807, 2.05) is 20.8 Å². The van der Waals surface area contributed by atoms with Gasteiger partial charge in [-0.25, -0.2) is 0 Å². The van der Waals surface area contributed by atoms with Gasteiger partial charge in [-0.15, -0.1) is 0 Å². The summed E-state index contributed by atoms with van der Waals surface area (Å²) in [5.41, 5.74) is 3.39. The standard InChI is InChI=1S/C12H22N2/c1-7-13-11(5)12(6)14-10(4)8-9(2)3/h8,10H,7H2,1-6H3. The fourth-order valence-electron chi connectivity index (χ4n) is 1.27. The molecule has 0 saturated heterocycles. The summed E-state index contributed by atoms with van der Waals surface area (Å²) in [7, 11) is 0. The minimum Gasteiger partial charge on any atom is -0.288 e. The molecule has 0 fully saturated rings. The highest BCUT2D eigenvalue weighted by atomic mass is 14.8. The van der Waals surface area contributed by atoms with Gasteiger partial charge in [-0.3, -0.25) is 9.98 Å². The topological polar surface area (TPSA) is 24.7 Å². The van der Waals surface area contributed by atoms with Gasteiger partial charge in [0.2, 0.25) is 0 Å². The van der Waals surface area contributed by atoms with E-state index in [-0.39, 0.29) is 6.04 Å². The van der Waals surface area contributed by atoms with Gasteiger partial charge in [-0.2, -0.15) is 0 Å². The van der Waals surface area contributed by atoms with E-state index in [2.05, 4.69) is 36.8 Å². The molecule has 0 aliphatic heterocycles. The number of allylic oxidation sites excluding steroid dienone is 1. The summed E-state index contributed by atoms with van der Waals surface area (Å²) >= 11 is 0. The van der Waals surface area contributed by atoms with Crippen LogP contribution in [0.4, 0.5) is 0 Å². The van der Waals surface area contributed by atoms with E-state index < -0.39 is 0 Å². The van der Waals surface area contributed by atoms with Crippen LogP contribution in [0.5, 0.6) is 0 Å². The Morgan fingerprint density at radius 2 is 1.71 bits per heavy atom. The van der Waals surface area contributed by atoms with Crippen molar-refractivity contribution in [1.29, 1.82) is 0 Å². The van der Waals surface area contributed by atoms with Crippen LogP contribution in [0.15, 0.2) is 21.6 Å². The summed E-state index contributed by atoms with van der Waals surface area (Å²) in [6.45, 7) is 13.2. The molecule has 2 heteroatoms. The Bertz CT molecular complexity index is 255. The minimum atomic E-state index is 0.252. The first-order valence-electron chi connectivity index (χ1n) is 5.18. The average Bonchev–Trinajstić information content (AvgIpc) is 2.02. The number of rotatable bonds is 4.